The Morgan fingerprint density at radius 3 is 2.40 bits per heavy atom. The zero-order valence-electron chi connectivity index (χ0n) is 45.5. The number of amides is 1. The Hall–Kier alpha value is -2.81. The van der Waals surface area contributed by atoms with Crippen molar-refractivity contribution in [2.75, 3.05) is 52.3 Å². The number of nitrogens with one attached hydrogen (secondary N) is 2. The maximum absolute atomic E-state index is 13.3. The number of aliphatic hydroxyl groups is 1. The van der Waals surface area contributed by atoms with E-state index in [1.807, 2.05) is 27.7 Å². The number of carbonyl (C=O) groups excluding carboxylic acids is 1. The lowest BCUT2D eigenvalue weighted by Crippen LogP contribution is -2.67. The average molecular weight is 1210 g/mol. The van der Waals surface area contributed by atoms with Gasteiger partial charge in [0.2, 0.25) is 5.91 Å². The fourth-order valence-electron chi connectivity index (χ4n) is 12.8. The van der Waals surface area contributed by atoms with Gasteiger partial charge < -0.3 is 38.8 Å². The fraction of sp³-hybridized carbons (Fsp3) is 0.792. The van der Waals surface area contributed by atoms with Gasteiger partial charge >= 0.3 is 38.1 Å². The topological polar surface area (TPSA) is 191 Å². The predicted molar refractivity (Wildman–Crippen MR) is 284 cm³/mol. The molecule has 0 bridgehead atoms. The van der Waals surface area contributed by atoms with Gasteiger partial charge in [0.15, 0.2) is 0 Å². The van der Waals surface area contributed by atoms with Crippen LogP contribution in [0.1, 0.15) is 139 Å². The molecule has 2 heterocycles. The maximum atomic E-state index is 13.3. The van der Waals surface area contributed by atoms with Gasteiger partial charge in [-0.3, -0.25) is 28.6 Å². The molecule has 4 N–H and O–H groups in total. The van der Waals surface area contributed by atoms with Gasteiger partial charge in [0.1, 0.15) is 24.7 Å². The molecule has 27 heteroatoms. The lowest BCUT2D eigenvalue weighted by atomic mass is 9.55. The van der Waals surface area contributed by atoms with Crippen molar-refractivity contribution in [2.45, 2.75) is 189 Å². The van der Waals surface area contributed by atoms with Crippen molar-refractivity contribution in [2.24, 2.45) is 23.2 Å². The number of ether oxygens (including phenoxy) is 4. The second-order valence-electron chi connectivity index (χ2n) is 23.0. The number of nitrogens with zero attached hydrogens (tertiary/aromatic N) is 2. The molecule has 4 aliphatic carbocycles. The number of fused-ring (bicyclic) bond motifs is 5. The molecule has 15 nitrogen and oxygen atoms in total. The van der Waals surface area contributed by atoms with Crippen LogP contribution in [0.5, 0.6) is 5.75 Å². The van der Waals surface area contributed by atoms with Crippen LogP contribution in [0.2, 0.25) is 0 Å². The van der Waals surface area contributed by atoms with E-state index < -0.39 is 75.1 Å². The lowest BCUT2D eigenvalue weighted by molar-refractivity contribution is -0.457. The van der Waals surface area contributed by atoms with Crippen molar-refractivity contribution < 1.29 is 82.3 Å². The fourth-order valence-corrected chi connectivity index (χ4v) is 15.8. The summed E-state index contributed by atoms with van der Waals surface area (Å²) in [7, 11) is 2.75. The first kappa shape index (κ1) is 64.7. The van der Waals surface area contributed by atoms with Gasteiger partial charge in [-0.05, 0) is 150 Å². The van der Waals surface area contributed by atoms with Crippen molar-refractivity contribution in [3.8, 4) is 5.75 Å². The molecule has 11 unspecified atom stereocenters. The zero-order chi connectivity index (χ0) is 58.4. The highest BCUT2D eigenvalue weighted by Gasteiger charge is 2.85. The Bertz CT molecular complexity index is 2500. The van der Waals surface area contributed by atoms with Gasteiger partial charge in [0, 0.05) is 60.8 Å². The zero-order valence-corrected chi connectivity index (χ0v) is 48.1. The van der Waals surface area contributed by atoms with Crippen LogP contribution in [0, 0.1) is 23.2 Å². The van der Waals surface area contributed by atoms with E-state index in [1.54, 1.807) is 0 Å². The van der Waals surface area contributed by atoms with Crippen LogP contribution in [0.3, 0.4) is 0 Å². The summed E-state index contributed by atoms with van der Waals surface area (Å²) in [6.45, 7) is 6.47. The summed E-state index contributed by atoms with van der Waals surface area (Å²) in [5.74, 6) is 3.22. The second kappa shape index (κ2) is 27.1. The monoisotopic (exact) mass is 1210 g/mol. The molecule has 11 atom stereocenters. The van der Waals surface area contributed by atoms with Crippen LogP contribution >= 0.6 is 29.8 Å². The van der Waals surface area contributed by atoms with Crippen LogP contribution in [0.25, 0.3) is 0 Å². The van der Waals surface area contributed by atoms with Gasteiger partial charge in [-0.15, -0.1) is 0 Å². The summed E-state index contributed by atoms with van der Waals surface area (Å²) in [5, 5.41) is 13.2. The van der Waals surface area contributed by atoms with E-state index in [0.29, 0.717) is 43.4 Å². The van der Waals surface area contributed by atoms with Crippen molar-refractivity contribution >= 4 is 35.7 Å². The first-order valence-electron chi connectivity index (χ1n) is 27.6. The predicted octanol–water partition coefficient (Wildman–Crippen LogP) is 10.2. The first-order valence-corrected chi connectivity index (χ1v) is 31.2. The number of rotatable bonds is 29. The van der Waals surface area contributed by atoms with Crippen molar-refractivity contribution in [1.82, 2.24) is 19.8 Å². The summed E-state index contributed by atoms with van der Waals surface area (Å²) in [4.78, 5) is 51.1. The van der Waals surface area contributed by atoms with E-state index in [4.69, 9.17) is 19.1 Å². The van der Waals surface area contributed by atoms with E-state index >= 15 is 0 Å². The molecule has 3 saturated carbocycles. The summed E-state index contributed by atoms with van der Waals surface area (Å²) in [5.41, 5.74) is -5.15. The van der Waals surface area contributed by atoms with Crippen LogP contribution in [0.4, 0.5) is 39.5 Å². The van der Waals surface area contributed by atoms with E-state index in [-0.39, 0.29) is 66.1 Å². The standard InChI is InChI=1S/C53H76F9N4O11PS2/c1-48(2,80-79-25-8-6-5-7-20-63-44(68)17-11-33-30-66(47(70)64-46(33)69)45-28-41(67)42(77-45)31-76-78(71)72)29-34-27-40(34)65(4)21-24-73-35-12-14-36-32(26-35)10-13-38-37(36)18-19-49(3)39(38)15-16-43(49)74-22-9-23-75-50(51(54,55)56,52(57,58)59)53(60,61)62/h12,14,26,30,34,37-43,45,67,78H,5-11,13,15-25,27-29,31H2,1-4H3,(H,63,68)(H,71,72)(H,64,69,70). The van der Waals surface area contributed by atoms with Crippen molar-refractivity contribution in [3.63, 3.8) is 0 Å². The second-order valence-corrected chi connectivity index (χ2v) is 26.9. The van der Waals surface area contributed by atoms with Gasteiger partial charge in [0.25, 0.3) is 5.56 Å². The molecule has 454 valence electrons. The van der Waals surface area contributed by atoms with Crippen LogP contribution in [-0.4, -0.2) is 136 Å². The molecule has 7 rings (SSSR count). The number of hydrogen-bond acceptors (Lipinski definition) is 13. The molecule has 4 fully saturated rings. The highest BCUT2D eigenvalue weighted by Crippen LogP contribution is 2.62. The molecule has 0 radical (unpaired) electrons. The third-order valence-electron chi connectivity index (χ3n) is 17.0. The lowest BCUT2D eigenvalue weighted by Gasteiger charge is -2.50. The highest BCUT2D eigenvalue weighted by molar-refractivity contribution is 8.77. The molecule has 1 amide bonds. The summed E-state index contributed by atoms with van der Waals surface area (Å²) in [6, 6.07) is 6.87. The first-order chi connectivity index (χ1) is 37.5. The maximum Gasteiger partial charge on any atom is 0.435 e. The molecule has 1 aromatic heterocycles. The van der Waals surface area contributed by atoms with Gasteiger partial charge in [-0.1, -0.05) is 47.4 Å². The Labute approximate surface area is 468 Å². The minimum Gasteiger partial charge on any atom is -0.492 e. The molecule has 1 aromatic carbocycles. The van der Waals surface area contributed by atoms with Crippen LogP contribution in [-0.2, 0) is 40.9 Å². The van der Waals surface area contributed by atoms with Gasteiger partial charge in [-0.2, -0.15) is 39.5 Å². The minimum atomic E-state index is -6.76. The largest absolute Gasteiger partial charge is 0.492 e. The van der Waals surface area contributed by atoms with Gasteiger partial charge in [-0.25, -0.2) is 4.79 Å². The van der Waals surface area contributed by atoms with E-state index in [2.05, 4.69) is 64.4 Å². The number of carbonyl (C=O) groups is 1. The van der Waals surface area contributed by atoms with Crippen molar-refractivity contribution in [3.05, 3.63) is 61.9 Å². The Morgan fingerprint density at radius 1 is 0.963 bits per heavy atom. The molecular weight excluding hydrogens is 1130 g/mol. The number of aromatic nitrogens is 2. The smallest absolute Gasteiger partial charge is 0.435 e. The molecule has 1 aliphatic heterocycles. The normalized spacial score (nSPS) is 27.4. The molecular formula is C53H76F9N4O11PS2. The quantitative estimate of drug-likeness (QED) is 0.0260. The third kappa shape index (κ3) is 15.7. The van der Waals surface area contributed by atoms with Crippen LogP contribution < -0.4 is 21.3 Å². The molecule has 5 aliphatic rings. The number of hydrogen-bond donors (Lipinski definition) is 4. The number of H-pyrrole nitrogens is 1. The van der Waals surface area contributed by atoms with Gasteiger partial charge in [0.05, 0.1) is 25.4 Å². The average Bonchev–Trinajstić information content (AvgIpc) is 4.05. The number of aromatic amines is 1. The number of likely N-dealkylation sites (N-methyl/N-ethyl adjacent to an activating group) is 1. The van der Waals surface area contributed by atoms with E-state index in [0.717, 1.165) is 93.2 Å². The third-order valence-corrected chi connectivity index (χ3v) is 20.8. The Morgan fingerprint density at radius 2 is 1.69 bits per heavy atom. The summed E-state index contributed by atoms with van der Waals surface area (Å²) >= 11 is 0. The Balaban J connectivity index is 0.729. The number of alkyl halides is 9. The number of aryl methyl sites for hydroxylation is 2. The number of benzene rings is 1. The molecule has 80 heavy (non-hydrogen) atoms. The highest BCUT2D eigenvalue weighted by atomic mass is 33.1. The molecule has 1 saturated heterocycles. The SMILES string of the molecule is CN(CCOc1ccc2c(c1)CCC1C2CCC2(C)C(OCCCOC(C(F)(F)F)(C(F)(F)F)C(F)(F)F)CCC12)C1CC1CC(C)(C)SSCCCCCCNC(=O)CCc1cn(C2CC(O)C(CO[PH](=O)O)O2)c(=O)[nH]c1=O. The van der Waals surface area contributed by atoms with E-state index in [1.165, 1.54) is 17.3 Å². The Kier molecular flexibility index (Phi) is 21.9. The minimum absolute atomic E-state index is 0.00133. The van der Waals surface area contributed by atoms with Crippen molar-refractivity contribution in [1.29, 1.82) is 0 Å². The summed E-state index contributed by atoms with van der Waals surface area (Å²) in [6.07, 6.45) is -11.5. The number of unbranched alkanes of at least 4 members (excludes halogenated alkanes) is 3. The summed E-state index contributed by atoms with van der Waals surface area (Å²) < 4.78 is 158. The molecule has 2 aromatic rings. The van der Waals surface area contributed by atoms with E-state index in [9.17, 15) is 63.6 Å². The number of aliphatic hydroxyl groups excluding tert-OH is 1. The number of halogens is 9. The molecule has 0 spiro atoms. The van der Waals surface area contributed by atoms with Crippen LogP contribution in [0.15, 0.2) is 34.0 Å².